The Balaban J connectivity index is 1.77. The van der Waals surface area contributed by atoms with E-state index in [2.05, 4.69) is 47.0 Å². The standard InChI is InChI=1S/C20H34N2OS/c1-16-14-17(2)20(18(3)15-16)24(23)22(5)12-8-19(9-13-22)21(4)10-6-7-11-21/h14-15,19H,6-13H2,1-5H3/q+2. The second kappa shape index (κ2) is 6.54. The Morgan fingerprint density at radius 3 is 1.92 bits per heavy atom. The highest BCUT2D eigenvalue weighted by Gasteiger charge is 2.45. The Hall–Kier alpha value is -0.710. The van der Waals surface area contributed by atoms with Crippen molar-refractivity contribution in [3.05, 3.63) is 28.8 Å². The average Bonchev–Trinajstić information content (AvgIpc) is 2.94. The second-order valence-electron chi connectivity index (χ2n) is 8.59. The molecule has 0 N–H and O–H groups in total. The van der Waals surface area contributed by atoms with Crippen LogP contribution in [-0.2, 0) is 11.0 Å². The number of nitrogens with zero attached hydrogens (tertiary/aromatic N) is 2. The lowest BCUT2D eigenvalue weighted by molar-refractivity contribution is -0.934. The molecule has 0 amide bonds. The monoisotopic (exact) mass is 350 g/mol. The van der Waals surface area contributed by atoms with Crippen LogP contribution in [0.5, 0.6) is 0 Å². The van der Waals surface area contributed by atoms with E-state index in [0.29, 0.717) is 3.89 Å². The van der Waals surface area contributed by atoms with Crippen molar-refractivity contribution in [2.75, 3.05) is 40.3 Å². The summed E-state index contributed by atoms with van der Waals surface area (Å²) in [5, 5.41) is 0. The van der Waals surface area contributed by atoms with E-state index in [4.69, 9.17) is 0 Å². The molecule has 0 aliphatic carbocycles. The van der Waals surface area contributed by atoms with Crippen molar-refractivity contribution in [3.8, 4) is 0 Å². The Bertz CT molecular complexity index is 618. The van der Waals surface area contributed by atoms with Gasteiger partial charge in [-0.2, -0.15) is 4.21 Å². The molecule has 4 heteroatoms. The van der Waals surface area contributed by atoms with Gasteiger partial charge in [0.1, 0.15) is 4.90 Å². The van der Waals surface area contributed by atoms with E-state index in [1.807, 2.05) is 0 Å². The summed E-state index contributed by atoms with van der Waals surface area (Å²) in [6.07, 6.45) is 5.19. The quantitative estimate of drug-likeness (QED) is 0.763. The first-order chi connectivity index (χ1) is 11.3. The first-order valence-corrected chi connectivity index (χ1v) is 10.5. The molecular formula is C20H34N2OS+2. The molecule has 24 heavy (non-hydrogen) atoms. The number of hydrogen-bond acceptors (Lipinski definition) is 1. The molecule has 134 valence electrons. The van der Waals surface area contributed by atoms with Crippen molar-refractivity contribution in [1.29, 1.82) is 0 Å². The van der Waals surface area contributed by atoms with Crippen molar-refractivity contribution in [2.45, 2.75) is 57.4 Å². The van der Waals surface area contributed by atoms with E-state index in [1.165, 1.54) is 59.9 Å². The zero-order chi connectivity index (χ0) is 17.5. The van der Waals surface area contributed by atoms with Crippen molar-refractivity contribution < 1.29 is 12.6 Å². The molecule has 1 aromatic carbocycles. The van der Waals surface area contributed by atoms with Crippen LogP contribution < -0.4 is 0 Å². The summed E-state index contributed by atoms with van der Waals surface area (Å²) >= 11 is 0. The average molecular weight is 351 g/mol. The van der Waals surface area contributed by atoms with Gasteiger partial charge in [0.2, 0.25) is 11.0 Å². The molecule has 0 saturated carbocycles. The Morgan fingerprint density at radius 2 is 1.42 bits per heavy atom. The van der Waals surface area contributed by atoms with E-state index in [9.17, 15) is 4.21 Å². The minimum atomic E-state index is -0.966. The van der Waals surface area contributed by atoms with Gasteiger partial charge in [0, 0.05) is 12.8 Å². The first-order valence-electron chi connectivity index (χ1n) is 9.44. The van der Waals surface area contributed by atoms with Crippen LogP contribution in [0.4, 0.5) is 0 Å². The molecule has 0 spiro atoms. The molecule has 3 nitrogen and oxygen atoms in total. The van der Waals surface area contributed by atoms with Gasteiger partial charge in [0.15, 0.2) is 0 Å². The summed E-state index contributed by atoms with van der Waals surface area (Å²) in [4.78, 5) is 1.07. The minimum absolute atomic E-state index is 0.696. The normalized spacial score (nSPS) is 31.1. The third-order valence-corrected chi connectivity index (χ3v) is 8.68. The maximum Gasteiger partial charge on any atom is 0.240 e. The highest BCUT2D eigenvalue weighted by molar-refractivity contribution is 7.79. The van der Waals surface area contributed by atoms with Gasteiger partial charge >= 0.3 is 0 Å². The van der Waals surface area contributed by atoms with Crippen LogP contribution in [0.2, 0.25) is 0 Å². The van der Waals surface area contributed by atoms with Crippen molar-refractivity contribution in [1.82, 2.24) is 0 Å². The molecule has 1 unspecified atom stereocenters. The molecule has 0 radical (unpaired) electrons. The number of piperidine rings is 1. The lowest BCUT2D eigenvalue weighted by atomic mass is 10.0. The molecule has 2 heterocycles. The third kappa shape index (κ3) is 3.21. The van der Waals surface area contributed by atoms with Gasteiger partial charge in [-0.1, -0.05) is 17.7 Å². The van der Waals surface area contributed by atoms with Gasteiger partial charge in [-0.3, -0.25) is 0 Å². The Morgan fingerprint density at radius 1 is 0.917 bits per heavy atom. The molecule has 3 rings (SSSR count). The molecule has 1 atom stereocenters. The lowest BCUT2D eigenvalue weighted by Crippen LogP contribution is -2.59. The van der Waals surface area contributed by atoms with Crippen molar-refractivity contribution in [2.24, 2.45) is 0 Å². The predicted molar refractivity (Wildman–Crippen MR) is 101 cm³/mol. The number of likely N-dealkylation sites (tertiary alicyclic amines) is 2. The molecule has 2 aliphatic rings. The molecule has 2 saturated heterocycles. The number of quaternary nitrogens is 2. The summed E-state index contributed by atoms with van der Waals surface area (Å²) in [6.45, 7) is 11.1. The highest BCUT2D eigenvalue weighted by Crippen LogP contribution is 2.33. The van der Waals surface area contributed by atoms with E-state index < -0.39 is 11.0 Å². The van der Waals surface area contributed by atoms with E-state index in [-0.39, 0.29) is 0 Å². The zero-order valence-electron chi connectivity index (χ0n) is 16.1. The fraction of sp³-hybridized carbons (Fsp3) is 0.700. The van der Waals surface area contributed by atoms with Crippen LogP contribution in [-0.4, -0.2) is 58.9 Å². The maximum absolute atomic E-state index is 13.5. The topological polar surface area (TPSA) is 17.1 Å². The summed E-state index contributed by atoms with van der Waals surface area (Å²) in [5.41, 5.74) is 3.63. The molecule has 2 aliphatic heterocycles. The summed E-state index contributed by atoms with van der Waals surface area (Å²) in [5.74, 6) is 0. The number of benzene rings is 1. The Labute approximate surface area is 150 Å². The van der Waals surface area contributed by atoms with Gasteiger partial charge in [-0.25, -0.2) is 3.89 Å². The highest BCUT2D eigenvalue weighted by atomic mass is 32.2. The summed E-state index contributed by atoms with van der Waals surface area (Å²) in [6, 6.07) is 5.13. The van der Waals surface area contributed by atoms with Crippen LogP contribution >= 0.6 is 0 Å². The van der Waals surface area contributed by atoms with Gasteiger partial charge in [0.25, 0.3) is 0 Å². The maximum atomic E-state index is 13.5. The van der Waals surface area contributed by atoms with E-state index in [0.717, 1.165) is 24.0 Å². The lowest BCUT2D eigenvalue weighted by Gasteiger charge is -2.45. The smallest absolute Gasteiger partial charge is 0.240 e. The Kier molecular flexibility index (Phi) is 4.93. The SMILES string of the molecule is Cc1cc(C)c(S(=O)[N+]2(C)CCC([N+]3(C)CCCC3)CC2)c(C)c1. The van der Waals surface area contributed by atoms with Crippen LogP contribution in [0.3, 0.4) is 0 Å². The predicted octanol–water partition coefficient (Wildman–Crippen LogP) is 3.48. The molecular weight excluding hydrogens is 316 g/mol. The third-order valence-electron chi connectivity index (χ3n) is 6.52. The minimum Gasteiger partial charge on any atom is -0.323 e. The van der Waals surface area contributed by atoms with Gasteiger partial charge < -0.3 is 4.48 Å². The number of hydrogen-bond donors (Lipinski definition) is 0. The van der Waals surface area contributed by atoms with Crippen LogP contribution in [0.15, 0.2) is 17.0 Å². The number of rotatable bonds is 3. The van der Waals surface area contributed by atoms with E-state index >= 15 is 0 Å². The fourth-order valence-electron chi connectivity index (χ4n) is 4.98. The van der Waals surface area contributed by atoms with Crippen LogP contribution in [0.1, 0.15) is 42.4 Å². The van der Waals surface area contributed by atoms with Gasteiger partial charge in [0.05, 0.1) is 59.2 Å². The van der Waals surface area contributed by atoms with Crippen LogP contribution in [0.25, 0.3) is 0 Å². The second-order valence-corrected chi connectivity index (χ2v) is 10.4. The molecule has 0 aromatic heterocycles. The zero-order valence-corrected chi connectivity index (χ0v) is 16.9. The number of aryl methyl sites for hydroxylation is 3. The van der Waals surface area contributed by atoms with Crippen molar-refractivity contribution in [3.63, 3.8) is 0 Å². The van der Waals surface area contributed by atoms with E-state index in [1.54, 1.807) is 0 Å². The molecule has 2 fully saturated rings. The first kappa shape index (κ1) is 18.1. The molecule has 1 aromatic rings. The largest absolute Gasteiger partial charge is 0.323 e. The summed E-state index contributed by atoms with van der Waals surface area (Å²) < 4.78 is 15.4. The summed E-state index contributed by atoms with van der Waals surface area (Å²) in [7, 11) is 3.68. The fourth-order valence-corrected chi connectivity index (χ4v) is 6.63. The van der Waals surface area contributed by atoms with Crippen molar-refractivity contribution >= 4 is 11.0 Å². The van der Waals surface area contributed by atoms with Gasteiger partial charge in [-0.15, -0.1) is 0 Å². The molecule has 0 bridgehead atoms. The van der Waals surface area contributed by atoms with Gasteiger partial charge in [-0.05, 0) is 31.9 Å². The van der Waals surface area contributed by atoms with Crippen LogP contribution in [0, 0.1) is 20.8 Å².